The van der Waals surface area contributed by atoms with Crippen LogP contribution in [0.1, 0.15) is 44.0 Å². The lowest BCUT2D eigenvalue weighted by Gasteiger charge is -2.12. The second kappa shape index (κ2) is 7.01. The van der Waals surface area contributed by atoms with E-state index in [1.54, 1.807) is 0 Å². The summed E-state index contributed by atoms with van der Waals surface area (Å²) in [4.78, 5) is 25.8. The number of thiophene rings is 1. The van der Waals surface area contributed by atoms with Crippen molar-refractivity contribution in [3.63, 3.8) is 0 Å². The van der Waals surface area contributed by atoms with E-state index in [2.05, 4.69) is 5.32 Å². The highest BCUT2D eigenvalue weighted by Crippen LogP contribution is 2.38. The van der Waals surface area contributed by atoms with Gasteiger partial charge in [0.15, 0.2) is 5.78 Å². The third kappa shape index (κ3) is 3.22. The van der Waals surface area contributed by atoms with Crippen molar-refractivity contribution in [3.05, 3.63) is 50.6 Å². The van der Waals surface area contributed by atoms with Crippen LogP contribution in [0.2, 0.25) is 5.02 Å². The minimum atomic E-state index is -0.512. The average molecular weight is 367 g/mol. The van der Waals surface area contributed by atoms with Crippen molar-refractivity contribution in [2.75, 3.05) is 11.9 Å². The molecule has 24 heavy (non-hydrogen) atoms. The van der Waals surface area contributed by atoms with Crippen LogP contribution < -0.4 is 11.1 Å². The first-order valence-corrected chi connectivity index (χ1v) is 8.85. The predicted octanol–water partition coefficient (Wildman–Crippen LogP) is 3.81. The molecule has 7 heteroatoms. The number of hydrogen-bond donors (Lipinski definition) is 2. The van der Waals surface area contributed by atoms with Crippen LogP contribution in [-0.4, -0.2) is 18.2 Å². The van der Waals surface area contributed by atoms with Gasteiger partial charge < -0.3 is 11.1 Å². The quantitative estimate of drug-likeness (QED) is 0.808. The first kappa shape index (κ1) is 17.1. The molecule has 2 aromatic rings. The molecule has 0 fully saturated rings. The summed E-state index contributed by atoms with van der Waals surface area (Å²) in [5, 5.41) is 3.29. The number of aryl methyl sites for hydroxylation is 1. The number of rotatable bonds is 4. The highest BCUT2D eigenvalue weighted by Gasteiger charge is 2.26. The Morgan fingerprint density at radius 1 is 1.29 bits per heavy atom. The lowest BCUT2D eigenvalue weighted by Crippen LogP contribution is -2.19. The molecule has 4 nitrogen and oxygen atoms in total. The van der Waals surface area contributed by atoms with Crippen LogP contribution in [0.25, 0.3) is 0 Å². The van der Waals surface area contributed by atoms with Crippen molar-refractivity contribution in [2.24, 2.45) is 5.73 Å². The molecule has 126 valence electrons. The standard InChI is InChI=1S/C17H16ClFN2O2S/c18-12-7-9(19)5-6-10(12)16(23)21-17-15(13(22)8-20)11-3-1-2-4-14(11)24-17/h5-7H,1-4,8,20H2,(H,21,23). The molecule has 0 unspecified atom stereocenters. The molecule has 3 rings (SSSR count). The van der Waals surface area contributed by atoms with Crippen LogP contribution in [0.15, 0.2) is 18.2 Å². The van der Waals surface area contributed by atoms with E-state index in [1.807, 2.05) is 0 Å². The summed E-state index contributed by atoms with van der Waals surface area (Å²) in [7, 11) is 0. The van der Waals surface area contributed by atoms with Crippen molar-refractivity contribution in [2.45, 2.75) is 25.7 Å². The van der Waals surface area contributed by atoms with E-state index in [9.17, 15) is 14.0 Å². The third-order valence-corrected chi connectivity index (χ3v) is 5.56. The van der Waals surface area contributed by atoms with Gasteiger partial charge in [-0.2, -0.15) is 0 Å². The summed E-state index contributed by atoms with van der Waals surface area (Å²) in [6.07, 6.45) is 3.81. The van der Waals surface area contributed by atoms with Gasteiger partial charge in [0.1, 0.15) is 10.8 Å². The summed E-state index contributed by atoms with van der Waals surface area (Å²) in [6.45, 7) is -0.108. The van der Waals surface area contributed by atoms with Crippen LogP contribution in [0, 0.1) is 5.82 Å². The van der Waals surface area contributed by atoms with Gasteiger partial charge in [0.05, 0.1) is 22.7 Å². The van der Waals surface area contributed by atoms with E-state index in [-0.39, 0.29) is 22.9 Å². The predicted molar refractivity (Wildman–Crippen MR) is 93.7 cm³/mol. The van der Waals surface area contributed by atoms with Crippen LogP contribution in [-0.2, 0) is 12.8 Å². The van der Waals surface area contributed by atoms with E-state index < -0.39 is 11.7 Å². The van der Waals surface area contributed by atoms with Gasteiger partial charge in [-0.3, -0.25) is 9.59 Å². The van der Waals surface area contributed by atoms with Crippen molar-refractivity contribution in [1.82, 2.24) is 0 Å². The van der Waals surface area contributed by atoms with Gasteiger partial charge in [-0.05, 0) is 49.4 Å². The highest BCUT2D eigenvalue weighted by molar-refractivity contribution is 7.17. The van der Waals surface area contributed by atoms with E-state index in [1.165, 1.54) is 23.5 Å². The van der Waals surface area contributed by atoms with E-state index in [0.717, 1.165) is 42.2 Å². The minimum absolute atomic E-state index is 0.0283. The summed E-state index contributed by atoms with van der Waals surface area (Å²) < 4.78 is 13.1. The Labute approximate surface area is 147 Å². The Kier molecular flexibility index (Phi) is 4.99. The van der Waals surface area contributed by atoms with Gasteiger partial charge in [0.2, 0.25) is 0 Å². The van der Waals surface area contributed by atoms with E-state index >= 15 is 0 Å². The topological polar surface area (TPSA) is 72.2 Å². The molecule has 1 aliphatic rings. The minimum Gasteiger partial charge on any atom is -0.324 e. The molecule has 1 heterocycles. The largest absolute Gasteiger partial charge is 0.324 e. The second-order valence-corrected chi connectivity index (χ2v) is 7.13. The van der Waals surface area contributed by atoms with Crippen LogP contribution in [0.4, 0.5) is 9.39 Å². The monoisotopic (exact) mass is 366 g/mol. The molecular formula is C17H16ClFN2O2S. The summed E-state index contributed by atoms with van der Waals surface area (Å²) in [5.74, 6) is -1.17. The van der Waals surface area contributed by atoms with Gasteiger partial charge >= 0.3 is 0 Å². The Morgan fingerprint density at radius 2 is 2.04 bits per heavy atom. The van der Waals surface area contributed by atoms with Crippen molar-refractivity contribution < 1.29 is 14.0 Å². The first-order chi connectivity index (χ1) is 11.5. The fraction of sp³-hybridized carbons (Fsp3) is 0.294. The van der Waals surface area contributed by atoms with Crippen LogP contribution >= 0.6 is 22.9 Å². The van der Waals surface area contributed by atoms with Crippen molar-refractivity contribution >= 4 is 39.6 Å². The number of halogens is 2. The Bertz CT molecular complexity index is 819. The van der Waals surface area contributed by atoms with E-state index in [4.69, 9.17) is 17.3 Å². The maximum atomic E-state index is 13.1. The van der Waals surface area contributed by atoms with Crippen molar-refractivity contribution in [3.8, 4) is 0 Å². The highest BCUT2D eigenvalue weighted by atomic mass is 35.5. The number of amides is 1. The molecule has 1 aromatic heterocycles. The number of nitrogens with two attached hydrogens (primary N) is 1. The summed E-state index contributed by atoms with van der Waals surface area (Å²) in [6, 6.07) is 3.58. The van der Waals surface area contributed by atoms with Gasteiger partial charge in [0, 0.05) is 4.88 Å². The zero-order valence-electron chi connectivity index (χ0n) is 12.8. The SMILES string of the molecule is NCC(=O)c1c(NC(=O)c2ccc(F)cc2Cl)sc2c1CCCC2. The molecule has 0 saturated carbocycles. The summed E-state index contributed by atoms with van der Waals surface area (Å²) in [5.41, 5.74) is 7.21. The summed E-state index contributed by atoms with van der Waals surface area (Å²) >= 11 is 7.35. The van der Waals surface area contributed by atoms with Gasteiger partial charge in [0.25, 0.3) is 5.91 Å². The van der Waals surface area contributed by atoms with Crippen molar-refractivity contribution in [1.29, 1.82) is 0 Å². The molecule has 1 aliphatic carbocycles. The molecule has 0 saturated heterocycles. The number of ketones is 1. The second-order valence-electron chi connectivity index (χ2n) is 5.62. The zero-order chi connectivity index (χ0) is 17.3. The number of Topliss-reactive ketones (excluding diaryl/α,β-unsaturated/α-hetero) is 1. The maximum absolute atomic E-state index is 13.1. The average Bonchev–Trinajstić information content (AvgIpc) is 2.91. The molecule has 0 radical (unpaired) electrons. The number of benzene rings is 1. The van der Waals surface area contributed by atoms with Gasteiger partial charge in [-0.15, -0.1) is 11.3 Å². The zero-order valence-corrected chi connectivity index (χ0v) is 14.4. The smallest absolute Gasteiger partial charge is 0.257 e. The number of nitrogens with one attached hydrogen (secondary N) is 1. The lowest BCUT2D eigenvalue weighted by molar-refractivity contribution is 0.100. The lowest BCUT2D eigenvalue weighted by atomic mass is 9.94. The number of hydrogen-bond acceptors (Lipinski definition) is 4. The molecule has 0 atom stereocenters. The molecule has 0 bridgehead atoms. The Hall–Kier alpha value is -1.76. The number of carbonyl (C=O) groups excluding carboxylic acids is 2. The molecule has 3 N–H and O–H groups in total. The molecule has 0 aliphatic heterocycles. The van der Waals surface area contributed by atoms with Crippen LogP contribution in [0.3, 0.4) is 0 Å². The Morgan fingerprint density at radius 3 is 2.75 bits per heavy atom. The maximum Gasteiger partial charge on any atom is 0.257 e. The molecule has 1 aromatic carbocycles. The fourth-order valence-electron chi connectivity index (χ4n) is 2.90. The number of anilines is 1. The van der Waals surface area contributed by atoms with E-state index in [0.29, 0.717) is 10.6 Å². The normalized spacial score (nSPS) is 13.5. The number of carbonyl (C=O) groups is 2. The third-order valence-electron chi connectivity index (χ3n) is 4.04. The Balaban J connectivity index is 1.96. The molecule has 0 spiro atoms. The number of fused-ring (bicyclic) bond motifs is 1. The fourth-order valence-corrected chi connectivity index (χ4v) is 4.45. The van der Waals surface area contributed by atoms with Gasteiger partial charge in [-0.25, -0.2) is 4.39 Å². The first-order valence-electron chi connectivity index (χ1n) is 7.65. The molecular weight excluding hydrogens is 351 g/mol. The van der Waals surface area contributed by atoms with Crippen LogP contribution in [0.5, 0.6) is 0 Å². The molecule has 1 amide bonds. The van der Waals surface area contributed by atoms with Gasteiger partial charge in [-0.1, -0.05) is 11.6 Å².